The molecule has 7 nitrogen and oxygen atoms in total. The Morgan fingerprint density at radius 2 is 1.32 bits per heavy atom. The molecule has 1 aliphatic heterocycles. The van der Waals surface area contributed by atoms with E-state index in [9.17, 15) is 0 Å². The monoisotopic (exact) mass is 301 g/mol. The largest absolute Gasteiger partial charge is 0.467 e. The van der Waals surface area contributed by atoms with E-state index in [0.29, 0.717) is 5.95 Å². The molecule has 1 aromatic heterocycles. The molecule has 2 heterocycles. The van der Waals surface area contributed by atoms with E-state index in [1.54, 1.807) is 0 Å². The number of rotatable bonds is 4. The number of hydrogen-bond acceptors (Lipinski definition) is 7. The Kier molecular flexibility index (Phi) is 4.22. The maximum atomic E-state index is 5.10. The lowest BCUT2D eigenvalue weighted by Gasteiger charge is -2.36. The van der Waals surface area contributed by atoms with Gasteiger partial charge in [0.25, 0.3) is 0 Å². The zero-order valence-corrected chi connectivity index (χ0v) is 12.8. The van der Waals surface area contributed by atoms with Gasteiger partial charge in [0.2, 0.25) is 5.95 Å². The quantitative estimate of drug-likeness (QED) is 0.841. The number of piperazine rings is 1. The standard InChI is InChI=1S/C15H19N5O2/c1-21-14-16-13(17-15(18-14)22-2)20-10-8-19(9-11-20)12-6-4-3-5-7-12/h3-7H,8-11H2,1-2H3. The number of benzene rings is 1. The summed E-state index contributed by atoms with van der Waals surface area (Å²) in [5.74, 6) is 0.594. The maximum Gasteiger partial charge on any atom is 0.324 e. The van der Waals surface area contributed by atoms with Crippen molar-refractivity contribution < 1.29 is 9.47 Å². The van der Waals surface area contributed by atoms with Gasteiger partial charge in [0, 0.05) is 31.9 Å². The summed E-state index contributed by atoms with van der Waals surface area (Å²) >= 11 is 0. The highest BCUT2D eigenvalue weighted by atomic mass is 16.5. The first kappa shape index (κ1) is 14.4. The van der Waals surface area contributed by atoms with E-state index >= 15 is 0 Å². The molecule has 0 bridgehead atoms. The average Bonchev–Trinajstić information content (AvgIpc) is 2.62. The van der Waals surface area contributed by atoms with Crippen molar-refractivity contribution in [3.63, 3.8) is 0 Å². The summed E-state index contributed by atoms with van der Waals surface area (Å²) < 4.78 is 10.2. The predicted molar refractivity (Wildman–Crippen MR) is 83.8 cm³/mol. The lowest BCUT2D eigenvalue weighted by molar-refractivity contribution is 0.339. The second kappa shape index (κ2) is 6.46. The van der Waals surface area contributed by atoms with Crippen LogP contribution in [-0.2, 0) is 0 Å². The van der Waals surface area contributed by atoms with Crippen LogP contribution >= 0.6 is 0 Å². The lowest BCUT2D eigenvalue weighted by atomic mass is 10.2. The Balaban J connectivity index is 1.71. The molecule has 1 aromatic carbocycles. The number of ether oxygens (including phenoxy) is 2. The SMILES string of the molecule is COc1nc(OC)nc(N2CCN(c3ccccc3)CC2)n1. The third-order valence-electron chi connectivity index (χ3n) is 3.63. The van der Waals surface area contributed by atoms with Gasteiger partial charge >= 0.3 is 12.0 Å². The first-order valence-corrected chi connectivity index (χ1v) is 7.19. The molecule has 1 fully saturated rings. The smallest absolute Gasteiger partial charge is 0.324 e. The van der Waals surface area contributed by atoms with Crippen molar-refractivity contribution in [2.75, 3.05) is 50.2 Å². The van der Waals surface area contributed by atoms with Crippen molar-refractivity contribution in [3.05, 3.63) is 30.3 Å². The summed E-state index contributed by atoms with van der Waals surface area (Å²) in [6.45, 7) is 3.51. The van der Waals surface area contributed by atoms with Gasteiger partial charge in [-0.05, 0) is 12.1 Å². The molecule has 0 atom stereocenters. The van der Waals surface area contributed by atoms with E-state index in [-0.39, 0.29) is 12.0 Å². The Labute approximate surface area is 129 Å². The molecule has 1 aliphatic rings. The van der Waals surface area contributed by atoms with Gasteiger partial charge in [0.1, 0.15) is 0 Å². The highest BCUT2D eigenvalue weighted by molar-refractivity contribution is 5.48. The van der Waals surface area contributed by atoms with Gasteiger partial charge in [-0.15, -0.1) is 4.98 Å². The normalized spacial score (nSPS) is 14.8. The number of anilines is 2. The molecule has 3 rings (SSSR count). The zero-order chi connectivity index (χ0) is 15.4. The van der Waals surface area contributed by atoms with Crippen LogP contribution in [0.15, 0.2) is 30.3 Å². The van der Waals surface area contributed by atoms with E-state index in [1.165, 1.54) is 19.9 Å². The number of hydrogen-bond donors (Lipinski definition) is 0. The highest BCUT2D eigenvalue weighted by Crippen LogP contribution is 2.20. The van der Waals surface area contributed by atoms with Gasteiger partial charge in [-0.3, -0.25) is 0 Å². The molecule has 116 valence electrons. The number of nitrogens with zero attached hydrogens (tertiary/aromatic N) is 5. The Morgan fingerprint density at radius 3 is 1.86 bits per heavy atom. The van der Waals surface area contributed by atoms with Crippen molar-refractivity contribution in [3.8, 4) is 12.0 Å². The summed E-state index contributed by atoms with van der Waals surface area (Å²) in [5, 5.41) is 0. The molecule has 0 unspecified atom stereocenters. The average molecular weight is 301 g/mol. The van der Waals surface area contributed by atoms with Gasteiger partial charge in [-0.25, -0.2) is 0 Å². The van der Waals surface area contributed by atoms with Crippen LogP contribution in [0.5, 0.6) is 12.0 Å². The van der Waals surface area contributed by atoms with E-state index in [1.807, 2.05) is 6.07 Å². The Bertz CT molecular complexity index is 592. The van der Waals surface area contributed by atoms with Crippen molar-refractivity contribution >= 4 is 11.6 Å². The summed E-state index contributed by atoms with van der Waals surface area (Å²) in [6, 6.07) is 10.9. The Morgan fingerprint density at radius 1 is 0.773 bits per heavy atom. The number of aromatic nitrogens is 3. The Hall–Kier alpha value is -2.57. The van der Waals surface area contributed by atoms with Crippen LogP contribution in [0.25, 0.3) is 0 Å². The maximum absolute atomic E-state index is 5.10. The fourth-order valence-corrected chi connectivity index (χ4v) is 2.46. The second-order valence-electron chi connectivity index (χ2n) is 4.92. The van der Waals surface area contributed by atoms with Crippen LogP contribution in [0, 0.1) is 0 Å². The van der Waals surface area contributed by atoms with Crippen molar-refractivity contribution in [2.45, 2.75) is 0 Å². The van der Waals surface area contributed by atoms with Gasteiger partial charge in [0.05, 0.1) is 14.2 Å². The van der Waals surface area contributed by atoms with Crippen LogP contribution in [0.4, 0.5) is 11.6 Å². The molecule has 0 spiro atoms. The predicted octanol–water partition coefficient (Wildman–Crippen LogP) is 1.22. The van der Waals surface area contributed by atoms with Crippen molar-refractivity contribution in [1.29, 1.82) is 0 Å². The van der Waals surface area contributed by atoms with Gasteiger partial charge in [-0.2, -0.15) is 9.97 Å². The molecule has 0 N–H and O–H groups in total. The van der Waals surface area contributed by atoms with Crippen LogP contribution in [0.1, 0.15) is 0 Å². The summed E-state index contributed by atoms with van der Waals surface area (Å²) in [5.41, 5.74) is 1.24. The fourth-order valence-electron chi connectivity index (χ4n) is 2.46. The third kappa shape index (κ3) is 3.03. The van der Waals surface area contributed by atoms with Crippen LogP contribution < -0.4 is 19.3 Å². The minimum Gasteiger partial charge on any atom is -0.467 e. The topological polar surface area (TPSA) is 63.6 Å². The van der Waals surface area contributed by atoms with E-state index in [2.05, 4.69) is 49.0 Å². The molecule has 0 saturated carbocycles. The third-order valence-corrected chi connectivity index (χ3v) is 3.63. The molecule has 7 heteroatoms. The molecular formula is C15H19N5O2. The summed E-state index contributed by atoms with van der Waals surface area (Å²) in [4.78, 5) is 17.1. The summed E-state index contributed by atoms with van der Waals surface area (Å²) in [7, 11) is 3.07. The van der Waals surface area contributed by atoms with E-state index in [0.717, 1.165) is 26.2 Å². The fraction of sp³-hybridized carbons (Fsp3) is 0.400. The zero-order valence-electron chi connectivity index (χ0n) is 12.8. The molecule has 1 saturated heterocycles. The first-order chi connectivity index (χ1) is 10.8. The molecule has 0 radical (unpaired) electrons. The van der Waals surface area contributed by atoms with Gasteiger partial charge in [0.15, 0.2) is 0 Å². The van der Waals surface area contributed by atoms with Gasteiger partial charge in [-0.1, -0.05) is 18.2 Å². The molecule has 0 amide bonds. The number of methoxy groups -OCH3 is 2. The minimum absolute atomic E-state index is 0.271. The van der Waals surface area contributed by atoms with Crippen LogP contribution in [-0.4, -0.2) is 55.4 Å². The number of para-hydroxylation sites is 1. The first-order valence-electron chi connectivity index (χ1n) is 7.19. The molecule has 22 heavy (non-hydrogen) atoms. The molecular weight excluding hydrogens is 282 g/mol. The van der Waals surface area contributed by atoms with Gasteiger partial charge < -0.3 is 19.3 Å². The molecule has 2 aromatic rings. The summed E-state index contributed by atoms with van der Waals surface area (Å²) in [6.07, 6.45) is 0. The second-order valence-corrected chi connectivity index (χ2v) is 4.92. The van der Waals surface area contributed by atoms with Crippen LogP contribution in [0.2, 0.25) is 0 Å². The van der Waals surface area contributed by atoms with Crippen molar-refractivity contribution in [2.24, 2.45) is 0 Å². The van der Waals surface area contributed by atoms with Crippen LogP contribution in [0.3, 0.4) is 0 Å². The highest BCUT2D eigenvalue weighted by Gasteiger charge is 2.21. The van der Waals surface area contributed by atoms with E-state index in [4.69, 9.17) is 9.47 Å². The van der Waals surface area contributed by atoms with E-state index < -0.39 is 0 Å². The lowest BCUT2D eigenvalue weighted by Crippen LogP contribution is -2.47. The minimum atomic E-state index is 0.271. The molecule has 0 aliphatic carbocycles. The van der Waals surface area contributed by atoms with Crippen molar-refractivity contribution in [1.82, 2.24) is 15.0 Å².